The van der Waals surface area contributed by atoms with Gasteiger partial charge in [0.25, 0.3) is 0 Å². The fourth-order valence-electron chi connectivity index (χ4n) is 9.47. The van der Waals surface area contributed by atoms with Crippen LogP contribution in [0.1, 0.15) is 71.6 Å². The molecule has 5 heteroatoms. The lowest BCUT2D eigenvalue weighted by atomic mass is 9.40. The first kappa shape index (κ1) is 18.0. The van der Waals surface area contributed by atoms with Crippen molar-refractivity contribution in [1.29, 1.82) is 5.26 Å². The van der Waals surface area contributed by atoms with Crippen LogP contribution in [0.25, 0.3) is 0 Å². The van der Waals surface area contributed by atoms with Crippen LogP contribution in [0.5, 0.6) is 0 Å². The van der Waals surface area contributed by atoms with Crippen molar-refractivity contribution in [2.45, 2.75) is 77.2 Å². The average molecular weight is 395 g/mol. The summed E-state index contributed by atoms with van der Waals surface area (Å²) in [7, 11) is 0. The van der Waals surface area contributed by atoms with Gasteiger partial charge in [0, 0.05) is 35.4 Å². The lowest BCUT2D eigenvalue weighted by Gasteiger charge is -2.63. The Bertz CT molecular complexity index is 933. The van der Waals surface area contributed by atoms with Crippen molar-refractivity contribution in [2.75, 3.05) is 0 Å². The fourth-order valence-corrected chi connectivity index (χ4v) is 9.47. The Morgan fingerprint density at radius 1 is 1.03 bits per heavy atom. The van der Waals surface area contributed by atoms with Gasteiger partial charge in [-0.2, -0.15) is 5.26 Å². The molecule has 0 amide bonds. The van der Waals surface area contributed by atoms with Gasteiger partial charge in [-0.25, -0.2) is 0 Å². The molecule has 2 N–H and O–H groups in total. The van der Waals surface area contributed by atoms with Crippen molar-refractivity contribution in [1.82, 2.24) is 0 Å². The van der Waals surface area contributed by atoms with Crippen molar-refractivity contribution in [3.8, 4) is 6.07 Å². The van der Waals surface area contributed by atoms with Crippen molar-refractivity contribution in [2.24, 2.45) is 45.7 Å². The summed E-state index contributed by atoms with van der Waals surface area (Å²) in [5.41, 5.74) is 6.90. The monoisotopic (exact) mass is 394 g/mol. The molecule has 5 fully saturated rings. The lowest BCUT2D eigenvalue weighted by Crippen LogP contribution is -2.60. The first-order valence-corrected chi connectivity index (χ1v) is 11.4. The Balaban J connectivity index is 1.50. The number of nitrogens with two attached hydrogens (primary N) is 1. The number of esters is 1. The largest absolute Gasteiger partial charge is 0.458 e. The van der Waals surface area contributed by atoms with Gasteiger partial charge in [0.15, 0.2) is 5.78 Å². The van der Waals surface area contributed by atoms with E-state index < -0.39 is 5.41 Å². The molecule has 6 rings (SSSR count). The Hall–Kier alpha value is -1.83. The molecule has 8 atom stereocenters. The maximum atomic E-state index is 12.9. The van der Waals surface area contributed by atoms with Crippen LogP contribution in [0.4, 0.5) is 0 Å². The van der Waals surface area contributed by atoms with E-state index in [1.165, 1.54) is 0 Å². The van der Waals surface area contributed by atoms with Gasteiger partial charge in [-0.15, -0.1) is 0 Å². The van der Waals surface area contributed by atoms with Crippen LogP contribution in [0.15, 0.2) is 11.3 Å². The molecule has 5 nitrogen and oxygen atoms in total. The minimum Gasteiger partial charge on any atom is -0.458 e. The van der Waals surface area contributed by atoms with E-state index in [2.05, 4.69) is 19.9 Å². The first-order chi connectivity index (χ1) is 13.7. The van der Waals surface area contributed by atoms with Crippen LogP contribution in [0.2, 0.25) is 0 Å². The Morgan fingerprint density at radius 2 is 1.76 bits per heavy atom. The highest BCUT2D eigenvalue weighted by atomic mass is 16.6. The molecule has 154 valence electrons. The molecule has 6 aliphatic rings. The number of carbonyl (C=O) groups excluding carboxylic acids is 2. The summed E-state index contributed by atoms with van der Waals surface area (Å²) in [4.78, 5) is 25.0. The van der Waals surface area contributed by atoms with Crippen LogP contribution < -0.4 is 5.73 Å². The molecular weight excluding hydrogens is 364 g/mol. The number of carbonyl (C=O) groups is 2. The number of Topliss-reactive ketones (excluding diaryl/α,β-unsaturated/α-hetero) is 1. The molecule has 0 aromatic rings. The van der Waals surface area contributed by atoms with E-state index in [0.717, 1.165) is 44.2 Å². The number of hydrogen-bond acceptors (Lipinski definition) is 5. The van der Waals surface area contributed by atoms with E-state index in [9.17, 15) is 14.9 Å². The number of allylic oxidation sites excluding steroid dienone is 2. The van der Waals surface area contributed by atoms with Crippen LogP contribution >= 0.6 is 0 Å². The standard InChI is InChI=1S/C24H30N2O3/c1-21-8-5-16(27)19-20(26)13(11-23(19,21)12-25)18-14(21)3-7-22(2)15(18)4-9-24(22)10-6-17(28)29-24/h13-15,18H,3-11,26H2,1-2H3/t13-,14?,15?,18?,21?,22?,23+,24-/m1/s1. The topological polar surface area (TPSA) is 93.2 Å². The predicted molar refractivity (Wildman–Crippen MR) is 105 cm³/mol. The quantitative estimate of drug-likeness (QED) is 0.633. The van der Waals surface area contributed by atoms with Gasteiger partial charge in [-0.1, -0.05) is 13.8 Å². The molecule has 5 unspecified atom stereocenters. The van der Waals surface area contributed by atoms with E-state index in [-0.39, 0.29) is 34.1 Å². The molecule has 29 heavy (non-hydrogen) atoms. The van der Waals surface area contributed by atoms with Gasteiger partial charge < -0.3 is 10.5 Å². The van der Waals surface area contributed by atoms with E-state index in [0.29, 0.717) is 42.6 Å². The van der Waals surface area contributed by atoms with Crippen molar-refractivity contribution in [3.05, 3.63) is 11.3 Å². The fraction of sp³-hybridized carbons (Fsp3) is 0.792. The summed E-state index contributed by atoms with van der Waals surface area (Å²) in [5.74, 6) is 1.44. The van der Waals surface area contributed by atoms with Crippen molar-refractivity contribution < 1.29 is 14.3 Å². The third-order valence-corrected chi connectivity index (χ3v) is 10.9. The van der Waals surface area contributed by atoms with Crippen LogP contribution in [0, 0.1) is 51.2 Å². The van der Waals surface area contributed by atoms with E-state index in [1.54, 1.807) is 0 Å². The maximum Gasteiger partial charge on any atom is 0.306 e. The lowest BCUT2D eigenvalue weighted by molar-refractivity contribution is -0.179. The number of fused-ring (bicyclic) bond motifs is 7. The van der Waals surface area contributed by atoms with Crippen molar-refractivity contribution in [3.63, 3.8) is 0 Å². The predicted octanol–water partition coefficient (Wildman–Crippen LogP) is 3.63. The Morgan fingerprint density at radius 3 is 2.45 bits per heavy atom. The zero-order valence-corrected chi connectivity index (χ0v) is 17.4. The smallest absolute Gasteiger partial charge is 0.306 e. The SMILES string of the molecule is CC12CCC3C(C1CC[C@@]21CCC(=O)O1)[C@H]1C[C@]2(C#N)C(=C1N)C(=O)CCC32C. The molecule has 0 aromatic heterocycles. The second kappa shape index (κ2) is 5.07. The Labute approximate surface area is 172 Å². The van der Waals surface area contributed by atoms with Gasteiger partial charge in [0.1, 0.15) is 5.60 Å². The zero-order chi connectivity index (χ0) is 20.4. The van der Waals surface area contributed by atoms with Gasteiger partial charge in [0.2, 0.25) is 0 Å². The molecule has 0 aromatic carbocycles. The maximum absolute atomic E-state index is 12.9. The molecule has 0 radical (unpaired) electrons. The van der Waals surface area contributed by atoms with Gasteiger partial charge in [-0.3, -0.25) is 9.59 Å². The summed E-state index contributed by atoms with van der Waals surface area (Å²) in [6.45, 7) is 4.63. The second-order valence-electron chi connectivity index (χ2n) is 11.3. The van der Waals surface area contributed by atoms with Crippen LogP contribution in [0.3, 0.4) is 0 Å². The van der Waals surface area contributed by atoms with Gasteiger partial charge in [0.05, 0.1) is 11.5 Å². The second-order valence-corrected chi connectivity index (χ2v) is 11.3. The number of nitriles is 1. The number of ketones is 1. The zero-order valence-electron chi connectivity index (χ0n) is 17.4. The number of hydrogen-bond donors (Lipinski definition) is 1. The molecule has 5 aliphatic carbocycles. The minimum absolute atomic E-state index is 0.0189. The van der Waals surface area contributed by atoms with Crippen LogP contribution in [-0.2, 0) is 14.3 Å². The van der Waals surface area contributed by atoms with Crippen LogP contribution in [-0.4, -0.2) is 17.4 Å². The van der Waals surface area contributed by atoms with E-state index in [1.807, 2.05) is 0 Å². The molecule has 1 spiro atoms. The van der Waals surface area contributed by atoms with Gasteiger partial charge in [-0.05, 0) is 68.1 Å². The number of rotatable bonds is 0. The third-order valence-electron chi connectivity index (χ3n) is 10.9. The highest BCUT2D eigenvalue weighted by molar-refractivity contribution is 6.00. The Kier molecular flexibility index (Phi) is 3.15. The van der Waals surface area contributed by atoms with Gasteiger partial charge >= 0.3 is 5.97 Å². The summed E-state index contributed by atoms with van der Waals surface area (Å²) < 4.78 is 6.05. The number of ether oxygens (including phenoxy) is 1. The summed E-state index contributed by atoms with van der Waals surface area (Å²) in [6.07, 6.45) is 7.52. The average Bonchev–Trinajstić information content (AvgIpc) is 3.31. The summed E-state index contributed by atoms with van der Waals surface area (Å²) in [6, 6.07) is 2.64. The highest BCUT2D eigenvalue weighted by Crippen LogP contribution is 2.77. The molecule has 4 saturated carbocycles. The molecule has 1 aliphatic heterocycles. The third kappa shape index (κ3) is 1.69. The first-order valence-electron chi connectivity index (χ1n) is 11.4. The molecule has 1 saturated heterocycles. The van der Waals surface area contributed by atoms with Crippen molar-refractivity contribution >= 4 is 11.8 Å². The summed E-state index contributed by atoms with van der Waals surface area (Å²) >= 11 is 0. The summed E-state index contributed by atoms with van der Waals surface area (Å²) in [5, 5.41) is 10.4. The highest BCUT2D eigenvalue weighted by Gasteiger charge is 2.74. The molecule has 2 bridgehead atoms. The normalized spacial score (nSPS) is 54.9. The minimum atomic E-state index is -0.692. The number of nitrogens with zero attached hydrogens (tertiary/aromatic N) is 1. The molecule has 1 heterocycles. The van der Waals surface area contributed by atoms with E-state index >= 15 is 0 Å². The molecular formula is C24H30N2O3. The van der Waals surface area contributed by atoms with E-state index in [4.69, 9.17) is 10.5 Å².